The Bertz CT molecular complexity index is 3900. The number of nitrogens with zero attached hydrogens (tertiary/aromatic N) is 2. The van der Waals surface area contributed by atoms with E-state index >= 15 is 0 Å². The third kappa shape index (κ3) is 6.28. The molecule has 2 aromatic heterocycles. The van der Waals surface area contributed by atoms with Crippen LogP contribution in [0, 0.1) is 0 Å². The molecule has 2 heterocycles. The monoisotopic (exact) mass is 828 g/mol. The van der Waals surface area contributed by atoms with Crippen molar-refractivity contribution in [2.45, 2.75) is 0 Å². The van der Waals surface area contributed by atoms with Gasteiger partial charge in [-0.25, -0.2) is 0 Å². The molecule has 0 aliphatic rings. The second-order valence-corrected chi connectivity index (χ2v) is 16.9. The Kier molecular flexibility index (Phi) is 8.53. The third-order valence-corrected chi connectivity index (χ3v) is 13.2. The summed E-state index contributed by atoms with van der Waals surface area (Å²) >= 11 is 0. The highest BCUT2D eigenvalue weighted by Crippen LogP contribution is 2.41. The summed E-state index contributed by atoms with van der Waals surface area (Å²) in [5, 5.41) is 9.76. The van der Waals surface area contributed by atoms with Gasteiger partial charge < -0.3 is 13.9 Å². The van der Waals surface area contributed by atoms with Crippen LogP contribution in [0.1, 0.15) is 0 Å². The molecular formula is C62H40N2O. The minimum atomic E-state index is 0.893. The lowest BCUT2D eigenvalue weighted by Gasteiger charge is -2.27. The molecule has 13 aromatic rings. The normalized spacial score (nSPS) is 11.7. The highest BCUT2D eigenvalue weighted by molar-refractivity contribution is 6.10. The Balaban J connectivity index is 0.855. The topological polar surface area (TPSA) is 21.3 Å². The lowest BCUT2D eigenvalue weighted by Crippen LogP contribution is -2.10. The van der Waals surface area contributed by atoms with Crippen molar-refractivity contribution in [1.29, 1.82) is 0 Å². The molecule has 304 valence electrons. The zero-order valence-corrected chi connectivity index (χ0v) is 35.4. The van der Waals surface area contributed by atoms with Crippen molar-refractivity contribution in [3.8, 4) is 39.1 Å². The molecule has 3 nitrogen and oxygen atoms in total. The minimum absolute atomic E-state index is 0.893. The lowest BCUT2D eigenvalue weighted by molar-refractivity contribution is 0.669. The van der Waals surface area contributed by atoms with Gasteiger partial charge >= 0.3 is 0 Å². The maximum absolute atomic E-state index is 6.31. The van der Waals surface area contributed by atoms with Crippen molar-refractivity contribution in [2.75, 3.05) is 4.90 Å². The van der Waals surface area contributed by atoms with Gasteiger partial charge in [0.05, 0.1) is 11.0 Å². The standard InChI is InChI=1S/C62H40N2O/c1-2-16-53-44(11-1)27-28-48-39-52(34-36-54(48)53)63(50-14-10-13-46(38-50)47-31-35-58-57-19-5-8-22-61(57)65-62(58)40-47)49-32-29-42(30-33-49)41-23-25-43(26-24-41)45-12-9-15-51(37-45)64-59-20-6-3-17-55(59)56-18-4-7-21-60(56)64/h1-40H. The molecule has 0 bridgehead atoms. The number of anilines is 3. The van der Waals surface area contributed by atoms with Crippen molar-refractivity contribution >= 4 is 82.4 Å². The van der Waals surface area contributed by atoms with Crippen LogP contribution in [0.3, 0.4) is 0 Å². The van der Waals surface area contributed by atoms with Gasteiger partial charge in [-0.15, -0.1) is 0 Å². The van der Waals surface area contributed by atoms with Gasteiger partial charge in [-0.1, -0.05) is 164 Å². The zero-order chi connectivity index (χ0) is 42.8. The molecule has 0 radical (unpaired) electrons. The second kappa shape index (κ2) is 15.0. The van der Waals surface area contributed by atoms with Crippen LogP contribution in [-0.4, -0.2) is 4.57 Å². The first kappa shape index (κ1) is 36.9. The van der Waals surface area contributed by atoms with Crippen LogP contribution in [0.15, 0.2) is 247 Å². The molecule has 13 rings (SSSR count). The smallest absolute Gasteiger partial charge is 0.136 e. The molecule has 0 saturated heterocycles. The average molecular weight is 829 g/mol. The minimum Gasteiger partial charge on any atom is -0.456 e. The molecule has 0 N–H and O–H groups in total. The summed E-state index contributed by atoms with van der Waals surface area (Å²) in [4.78, 5) is 2.37. The number of fused-ring (bicyclic) bond motifs is 9. The van der Waals surface area contributed by atoms with Gasteiger partial charge in [0.2, 0.25) is 0 Å². The van der Waals surface area contributed by atoms with Gasteiger partial charge in [0, 0.05) is 44.3 Å². The van der Waals surface area contributed by atoms with Crippen LogP contribution < -0.4 is 4.90 Å². The molecule has 0 saturated carbocycles. The van der Waals surface area contributed by atoms with Gasteiger partial charge in [-0.2, -0.15) is 0 Å². The van der Waals surface area contributed by atoms with Crippen LogP contribution in [0.25, 0.3) is 104 Å². The van der Waals surface area contributed by atoms with Crippen molar-refractivity contribution < 1.29 is 4.42 Å². The highest BCUT2D eigenvalue weighted by Gasteiger charge is 2.17. The third-order valence-electron chi connectivity index (χ3n) is 13.2. The Hall–Kier alpha value is -8.66. The molecule has 0 unspecified atom stereocenters. The fourth-order valence-electron chi connectivity index (χ4n) is 10.0. The fraction of sp³-hybridized carbons (Fsp3) is 0. The Labute approximate surface area is 376 Å². The zero-order valence-electron chi connectivity index (χ0n) is 35.4. The largest absolute Gasteiger partial charge is 0.456 e. The molecule has 0 aliphatic heterocycles. The van der Waals surface area contributed by atoms with E-state index in [9.17, 15) is 0 Å². The second-order valence-electron chi connectivity index (χ2n) is 16.9. The van der Waals surface area contributed by atoms with E-state index in [1.165, 1.54) is 60.0 Å². The average Bonchev–Trinajstić information content (AvgIpc) is 3.92. The summed E-state index contributed by atoms with van der Waals surface area (Å²) in [5.74, 6) is 0. The SMILES string of the molecule is c1cc(-c2ccc3c(c2)oc2ccccc23)cc(N(c2ccc(-c3ccc(-c4cccc(-n5c6ccccc6c6ccccc65)c4)cc3)cc2)c2ccc3c(ccc4ccccc43)c2)c1. The first-order valence-corrected chi connectivity index (χ1v) is 22.2. The predicted octanol–water partition coefficient (Wildman–Crippen LogP) is 17.5. The van der Waals surface area contributed by atoms with Crippen LogP contribution >= 0.6 is 0 Å². The van der Waals surface area contributed by atoms with Crippen LogP contribution in [0.2, 0.25) is 0 Å². The van der Waals surface area contributed by atoms with Crippen LogP contribution in [0.5, 0.6) is 0 Å². The van der Waals surface area contributed by atoms with E-state index in [-0.39, 0.29) is 0 Å². The first-order valence-electron chi connectivity index (χ1n) is 22.2. The number of para-hydroxylation sites is 3. The summed E-state index contributed by atoms with van der Waals surface area (Å²) in [5.41, 5.74) is 15.6. The van der Waals surface area contributed by atoms with E-state index in [1.807, 2.05) is 12.1 Å². The quantitative estimate of drug-likeness (QED) is 0.149. The molecule has 11 aromatic carbocycles. The summed E-state index contributed by atoms with van der Waals surface area (Å²) in [7, 11) is 0. The fourth-order valence-corrected chi connectivity index (χ4v) is 10.0. The molecule has 0 spiro atoms. The summed E-state index contributed by atoms with van der Waals surface area (Å²) in [6.07, 6.45) is 0. The van der Waals surface area contributed by atoms with Gasteiger partial charge in [0.25, 0.3) is 0 Å². The van der Waals surface area contributed by atoms with Crippen LogP contribution in [-0.2, 0) is 0 Å². The molecule has 0 atom stereocenters. The van der Waals surface area contributed by atoms with E-state index < -0.39 is 0 Å². The predicted molar refractivity (Wildman–Crippen MR) is 274 cm³/mol. The highest BCUT2D eigenvalue weighted by atomic mass is 16.3. The summed E-state index contributed by atoms with van der Waals surface area (Å²) in [6.45, 7) is 0. The Morgan fingerprint density at radius 2 is 0.785 bits per heavy atom. The van der Waals surface area contributed by atoms with Gasteiger partial charge in [0.1, 0.15) is 11.2 Å². The Morgan fingerprint density at radius 1 is 0.277 bits per heavy atom. The van der Waals surface area contributed by atoms with E-state index in [2.05, 4.69) is 240 Å². The van der Waals surface area contributed by atoms with E-state index in [4.69, 9.17) is 4.42 Å². The maximum atomic E-state index is 6.31. The molecular weight excluding hydrogens is 789 g/mol. The molecule has 3 heteroatoms. The van der Waals surface area contributed by atoms with Gasteiger partial charge in [-0.05, 0) is 134 Å². The van der Waals surface area contributed by atoms with Gasteiger partial charge in [0.15, 0.2) is 0 Å². The van der Waals surface area contributed by atoms with Crippen molar-refractivity contribution in [3.05, 3.63) is 243 Å². The maximum Gasteiger partial charge on any atom is 0.136 e. The number of furan rings is 1. The number of hydrogen-bond acceptors (Lipinski definition) is 2. The van der Waals surface area contributed by atoms with E-state index in [0.717, 1.165) is 61.4 Å². The number of rotatable bonds is 7. The van der Waals surface area contributed by atoms with Crippen molar-refractivity contribution in [1.82, 2.24) is 4.57 Å². The number of benzene rings is 11. The summed E-state index contributed by atoms with van der Waals surface area (Å²) in [6, 6.07) is 87.8. The van der Waals surface area contributed by atoms with Crippen molar-refractivity contribution in [3.63, 3.8) is 0 Å². The Morgan fingerprint density at radius 3 is 1.55 bits per heavy atom. The molecule has 0 fully saturated rings. The summed E-state index contributed by atoms with van der Waals surface area (Å²) < 4.78 is 8.69. The van der Waals surface area contributed by atoms with Gasteiger partial charge in [-0.3, -0.25) is 0 Å². The molecule has 0 amide bonds. The number of hydrogen-bond donors (Lipinski definition) is 0. The van der Waals surface area contributed by atoms with Crippen molar-refractivity contribution in [2.24, 2.45) is 0 Å². The van der Waals surface area contributed by atoms with E-state index in [0.29, 0.717) is 0 Å². The molecule has 0 aliphatic carbocycles. The first-order chi connectivity index (χ1) is 32.2. The van der Waals surface area contributed by atoms with Crippen LogP contribution in [0.4, 0.5) is 17.1 Å². The number of aromatic nitrogens is 1. The molecule has 65 heavy (non-hydrogen) atoms. The lowest BCUT2D eigenvalue weighted by atomic mass is 9.99. The van der Waals surface area contributed by atoms with E-state index in [1.54, 1.807) is 0 Å².